The number of aliphatic hydroxyl groups is 1. The van der Waals surface area contributed by atoms with Gasteiger partial charge in [-0.2, -0.15) is 12.6 Å². The Balaban J connectivity index is 2.23. The lowest BCUT2D eigenvalue weighted by atomic mass is 10.1. The molecule has 0 aliphatic heterocycles. The molecule has 0 bridgehead atoms. The van der Waals surface area contributed by atoms with E-state index in [4.69, 9.17) is 0 Å². The molecule has 2 aromatic rings. The first-order valence-corrected chi connectivity index (χ1v) is 8.38. The molecule has 2 rings (SSSR count). The summed E-state index contributed by atoms with van der Waals surface area (Å²) in [4.78, 5) is 5.55. The largest absolute Gasteiger partial charge is 0.508 e. The van der Waals surface area contributed by atoms with E-state index in [0.29, 0.717) is 11.4 Å². The molecule has 1 atom stereocenters. The van der Waals surface area contributed by atoms with Crippen LogP contribution in [0.4, 0.5) is 5.82 Å². The summed E-state index contributed by atoms with van der Waals surface area (Å²) in [5.74, 6) is 0.637. The van der Waals surface area contributed by atoms with Crippen molar-refractivity contribution in [1.29, 1.82) is 0 Å². The molecule has 0 fully saturated rings. The Morgan fingerprint density at radius 3 is 3.00 bits per heavy atom. The first-order chi connectivity index (χ1) is 10.1. The van der Waals surface area contributed by atoms with Crippen LogP contribution in [0.25, 0.3) is 16.2 Å². The lowest BCUT2D eigenvalue weighted by Crippen LogP contribution is -2.14. The summed E-state index contributed by atoms with van der Waals surface area (Å²) in [6.07, 6.45) is 4.99. The van der Waals surface area contributed by atoms with Gasteiger partial charge in [-0.05, 0) is 23.9 Å². The molecule has 5 heteroatoms. The molecule has 0 aliphatic rings. The summed E-state index contributed by atoms with van der Waals surface area (Å²) in [5, 5.41) is 15.1. The SMILES string of the molecule is C=C(O)c1cc(-c2cccs2)cnc1NC(S)CCCC. The van der Waals surface area contributed by atoms with E-state index in [2.05, 4.69) is 36.4 Å². The molecule has 0 spiro atoms. The van der Waals surface area contributed by atoms with Crippen LogP contribution in [0, 0.1) is 0 Å². The molecule has 2 aromatic heterocycles. The maximum absolute atomic E-state index is 9.82. The fourth-order valence-corrected chi connectivity index (χ4v) is 3.02. The number of aliphatic hydroxyl groups excluding tert-OH is 1. The van der Waals surface area contributed by atoms with Crippen LogP contribution in [-0.4, -0.2) is 15.5 Å². The molecule has 0 amide bonds. The maximum Gasteiger partial charge on any atom is 0.137 e. The second-order valence-corrected chi connectivity index (χ2v) is 6.42. The number of nitrogens with zero attached hydrogens (tertiary/aromatic N) is 1. The lowest BCUT2D eigenvalue weighted by Gasteiger charge is -2.16. The predicted octanol–water partition coefficient (Wildman–Crippen LogP) is 5.20. The Bertz CT molecular complexity index is 596. The van der Waals surface area contributed by atoms with Gasteiger partial charge < -0.3 is 10.4 Å². The fourth-order valence-electron chi connectivity index (χ4n) is 2.00. The van der Waals surface area contributed by atoms with Crippen LogP contribution in [0.1, 0.15) is 31.7 Å². The molecule has 3 nitrogen and oxygen atoms in total. The highest BCUT2D eigenvalue weighted by Crippen LogP contribution is 2.29. The van der Waals surface area contributed by atoms with Crippen molar-refractivity contribution in [3.8, 4) is 10.4 Å². The molecule has 2 N–H and O–H groups in total. The van der Waals surface area contributed by atoms with Crippen LogP contribution in [0.3, 0.4) is 0 Å². The van der Waals surface area contributed by atoms with Crippen LogP contribution < -0.4 is 5.32 Å². The van der Waals surface area contributed by atoms with E-state index >= 15 is 0 Å². The van der Waals surface area contributed by atoms with E-state index in [1.54, 1.807) is 17.5 Å². The third kappa shape index (κ3) is 4.25. The first-order valence-electron chi connectivity index (χ1n) is 6.98. The molecule has 0 saturated heterocycles. The first kappa shape index (κ1) is 15.9. The molecule has 0 radical (unpaired) electrons. The van der Waals surface area contributed by atoms with Gasteiger partial charge in [-0.15, -0.1) is 11.3 Å². The Labute approximate surface area is 135 Å². The second kappa shape index (κ2) is 7.52. The zero-order valence-corrected chi connectivity index (χ0v) is 13.8. The van der Waals surface area contributed by atoms with Crippen molar-refractivity contribution in [2.45, 2.75) is 31.6 Å². The normalized spacial score (nSPS) is 12.1. The zero-order chi connectivity index (χ0) is 15.2. The van der Waals surface area contributed by atoms with Crippen LogP contribution in [-0.2, 0) is 0 Å². The number of thiophene rings is 1. The van der Waals surface area contributed by atoms with E-state index in [1.165, 1.54) is 0 Å². The van der Waals surface area contributed by atoms with Crippen molar-refractivity contribution in [2.24, 2.45) is 0 Å². The highest BCUT2D eigenvalue weighted by molar-refractivity contribution is 7.81. The topological polar surface area (TPSA) is 45.2 Å². The highest BCUT2D eigenvalue weighted by atomic mass is 32.1. The van der Waals surface area contributed by atoms with E-state index < -0.39 is 0 Å². The van der Waals surface area contributed by atoms with E-state index in [-0.39, 0.29) is 11.1 Å². The van der Waals surface area contributed by atoms with E-state index in [0.717, 1.165) is 29.7 Å². The van der Waals surface area contributed by atoms with Gasteiger partial charge in [0, 0.05) is 16.6 Å². The standard InChI is InChI=1S/C16H20N2OS2/c1-3-4-7-15(20)18-16-13(11(2)19)9-12(10-17-16)14-6-5-8-21-14/h5-6,8-10,15,19-20H,2-4,7H2,1H3,(H,17,18). The number of hydrogen-bond acceptors (Lipinski definition) is 5. The van der Waals surface area contributed by atoms with Gasteiger partial charge >= 0.3 is 0 Å². The minimum Gasteiger partial charge on any atom is -0.508 e. The van der Waals surface area contributed by atoms with Crippen molar-refractivity contribution in [2.75, 3.05) is 5.32 Å². The lowest BCUT2D eigenvalue weighted by molar-refractivity contribution is 0.514. The molecule has 21 heavy (non-hydrogen) atoms. The van der Waals surface area contributed by atoms with Crippen molar-refractivity contribution in [3.05, 3.63) is 41.9 Å². The average molecular weight is 320 g/mol. The molecular formula is C16H20N2OS2. The predicted molar refractivity (Wildman–Crippen MR) is 95.1 cm³/mol. The smallest absolute Gasteiger partial charge is 0.137 e. The fraction of sp³-hybridized carbons (Fsp3) is 0.312. The van der Waals surface area contributed by atoms with Gasteiger partial charge in [0.1, 0.15) is 11.6 Å². The minimum atomic E-state index is 0.0134. The van der Waals surface area contributed by atoms with Crippen molar-refractivity contribution in [1.82, 2.24) is 4.98 Å². The third-order valence-electron chi connectivity index (χ3n) is 3.14. The second-order valence-electron chi connectivity index (χ2n) is 4.85. The van der Waals surface area contributed by atoms with Crippen LogP contribution in [0.5, 0.6) is 0 Å². The van der Waals surface area contributed by atoms with Crippen molar-refractivity contribution >= 4 is 35.5 Å². The molecule has 112 valence electrons. The van der Waals surface area contributed by atoms with E-state index in [1.807, 2.05) is 23.6 Å². The number of rotatable bonds is 7. The Morgan fingerprint density at radius 2 is 2.38 bits per heavy atom. The summed E-state index contributed by atoms with van der Waals surface area (Å²) >= 11 is 6.16. The molecule has 1 unspecified atom stereocenters. The number of anilines is 1. The van der Waals surface area contributed by atoms with Gasteiger partial charge in [0.15, 0.2) is 0 Å². The Hall–Kier alpha value is -1.46. The average Bonchev–Trinajstić information content (AvgIpc) is 2.99. The number of hydrogen-bond donors (Lipinski definition) is 3. The van der Waals surface area contributed by atoms with Crippen LogP contribution >= 0.6 is 24.0 Å². The molecule has 0 saturated carbocycles. The van der Waals surface area contributed by atoms with Gasteiger partial charge in [0.25, 0.3) is 0 Å². The van der Waals surface area contributed by atoms with E-state index in [9.17, 15) is 5.11 Å². The number of unbranched alkanes of at least 4 members (excludes halogenated alkanes) is 1. The van der Waals surface area contributed by atoms with Crippen molar-refractivity contribution < 1.29 is 5.11 Å². The monoisotopic (exact) mass is 320 g/mol. The Morgan fingerprint density at radius 1 is 1.57 bits per heavy atom. The maximum atomic E-state index is 9.82. The third-order valence-corrected chi connectivity index (χ3v) is 4.44. The van der Waals surface area contributed by atoms with Crippen LogP contribution in [0.2, 0.25) is 0 Å². The van der Waals surface area contributed by atoms with Crippen LogP contribution in [0.15, 0.2) is 36.4 Å². The molecular weight excluding hydrogens is 300 g/mol. The summed E-state index contributed by atoms with van der Waals surface area (Å²) in [5.41, 5.74) is 1.60. The van der Waals surface area contributed by atoms with Gasteiger partial charge in [-0.1, -0.05) is 32.4 Å². The van der Waals surface area contributed by atoms with Gasteiger partial charge in [-0.25, -0.2) is 4.98 Å². The van der Waals surface area contributed by atoms with Gasteiger partial charge in [0.05, 0.1) is 10.9 Å². The Kier molecular flexibility index (Phi) is 5.70. The van der Waals surface area contributed by atoms with Crippen molar-refractivity contribution in [3.63, 3.8) is 0 Å². The quantitative estimate of drug-likeness (QED) is 0.373. The summed E-state index contributed by atoms with van der Waals surface area (Å²) in [6.45, 7) is 5.78. The van der Waals surface area contributed by atoms with Gasteiger partial charge in [0.2, 0.25) is 0 Å². The molecule has 2 heterocycles. The molecule has 0 aliphatic carbocycles. The summed E-state index contributed by atoms with van der Waals surface area (Å²) in [6, 6.07) is 5.93. The minimum absolute atomic E-state index is 0.0134. The number of pyridine rings is 1. The summed E-state index contributed by atoms with van der Waals surface area (Å²) < 4.78 is 0. The van der Waals surface area contributed by atoms with Gasteiger partial charge in [-0.3, -0.25) is 0 Å². The number of aromatic nitrogens is 1. The number of thiol groups is 1. The molecule has 0 aromatic carbocycles. The summed E-state index contributed by atoms with van der Waals surface area (Å²) in [7, 11) is 0. The highest BCUT2D eigenvalue weighted by Gasteiger charge is 2.12. The number of nitrogens with one attached hydrogen (secondary N) is 1. The zero-order valence-electron chi connectivity index (χ0n) is 12.0.